The average molecular weight is 376 g/mol. The molecular formula is C16H13ClF3NO4. The Labute approximate surface area is 146 Å². The van der Waals surface area contributed by atoms with E-state index in [-0.39, 0.29) is 34.6 Å². The van der Waals surface area contributed by atoms with Gasteiger partial charge in [-0.05, 0) is 31.2 Å². The number of rotatable bonds is 7. The van der Waals surface area contributed by atoms with Crippen LogP contribution in [0.4, 0.5) is 18.9 Å². The molecule has 0 bridgehead atoms. The molecule has 134 valence electrons. The molecule has 25 heavy (non-hydrogen) atoms. The van der Waals surface area contributed by atoms with Crippen molar-refractivity contribution in [1.29, 1.82) is 0 Å². The Morgan fingerprint density at radius 3 is 2.48 bits per heavy atom. The molecule has 0 heterocycles. The van der Waals surface area contributed by atoms with Crippen LogP contribution in [0, 0.1) is 10.1 Å². The van der Waals surface area contributed by atoms with E-state index in [2.05, 4.69) is 0 Å². The van der Waals surface area contributed by atoms with Crippen molar-refractivity contribution in [2.24, 2.45) is 0 Å². The molecule has 0 atom stereocenters. The van der Waals surface area contributed by atoms with Crippen molar-refractivity contribution in [1.82, 2.24) is 0 Å². The van der Waals surface area contributed by atoms with Crippen LogP contribution in [0.5, 0.6) is 17.2 Å². The van der Waals surface area contributed by atoms with E-state index in [0.717, 1.165) is 12.1 Å². The second-order valence-electron chi connectivity index (χ2n) is 4.90. The predicted molar refractivity (Wildman–Crippen MR) is 85.7 cm³/mol. The fourth-order valence-corrected chi connectivity index (χ4v) is 2.21. The van der Waals surface area contributed by atoms with Gasteiger partial charge in [0.25, 0.3) is 0 Å². The highest BCUT2D eigenvalue weighted by Gasteiger charge is 2.32. The summed E-state index contributed by atoms with van der Waals surface area (Å²) in [4.78, 5) is 10.3. The van der Waals surface area contributed by atoms with Crippen LogP contribution >= 0.6 is 11.6 Å². The third-order valence-electron chi connectivity index (χ3n) is 3.18. The normalized spacial score (nSPS) is 11.2. The van der Waals surface area contributed by atoms with Gasteiger partial charge in [-0.15, -0.1) is 0 Å². The van der Waals surface area contributed by atoms with Crippen LogP contribution < -0.4 is 9.47 Å². The van der Waals surface area contributed by atoms with Crippen LogP contribution in [0.2, 0.25) is 5.02 Å². The van der Waals surface area contributed by atoms with E-state index in [1.165, 1.54) is 24.3 Å². The molecule has 0 saturated heterocycles. The molecule has 9 heteroatoms. The molecule has 0 unspecified atom stereocenters. The Bertz CT molecular complexity index is 786. The topological polar surface area (TPSA) is 61.6 Å². The maximum atomic E-state index is 13.3. The maximum Gasteiger partial charge on any atom is 0.311 e. The van der Waals surface area contributed by atoms with Gasteiger partial charge in [-0.2, -0.15) is 8.78 Å². The molecule has 0 radical (unpaired) electrons. The molecule has 2 rings (SSSR count). The number of ether oxygens (including phenoxy) is 2. The first-order valence-corrected chi connectivity index (χ1v) is 7.49. The van der Waals surface area contributed by atoms with Crippen molar-refractivity contribution in [2.45, 2.75) is 12.8 Å². The number of alkyl halides is 3. The summed E-state index contributed by atoms with van der Waals surface area (Å²) in [6.45, 7) is 0.0273. The molecule has 2 aromatic carbocycles. The van der Waals surface area contributed by atoms with Crippen LogP contribution in [0.25, 0.3) is 0 Å². The molecule has 0 aliphatic carbocycles. The second kappa shape index (κ2) is 7.60. The molecular weight excluding hydrogens is 363 g/mol. The van der Waals surface area contributed by atoms with E-state index >= 15 is 0 Å². The largest absolute Gasteiger partial charge is 0.487 e. The molecule has 0 aliphatic rings. The number of hydrogen-bond acceptors (Lipinski definition) is 4. The standard InChI is InChI=1S/C16H13ClF3NO4/c1-2-24-15-8-11(4-5-13(15)21(22)23)25-14-6-3-10(7-12(14)17)16(19,20)9-18/h3-8H,2,9H2,1H3. The van der Waals surface area contributed by atoms with Crippen LogP contribution in [0.15, 0.2) is 36.4 Å². The van der Waals surface area contributed by atoms with Gasteiger partial charge in [-0.1, -0.05) is 11.6 Å². The van der Waals surface area contributed by atoms with Gasteiger partial charge in [0.2, 0.25) is 5.75 Å². The van der Waals surface area contributed by atoms with Crippen molar-refractivity contribution in [2.75, 3.05) is 13.3 Å². The summed E-state index contributed by atoms with van der Waals surface area (Å²) >= 11 is 5.90. The van der Waals surface area contributed by atoms with Gasteiger partial charge < -0.3 is 9.47 Å². The molecule has 5 nitrogen and oxygen atoms in total. The first-order valence-electron chi connectivity index (χ1n) is 7.11. The fraction of sp³-hybridized carbons (Fsp3) is 0.250. The van der Waals surface area contributed by atoms with Crippen LogP contribution in [-0.4, -0.2) is 18.2 Å². The van der Waals surface area contributed by atoms with E-state index in [1.54, 1.807) is 6.92 Å². The number of nitro benzene ring substituents is 1. The summed E-state index contributed by atoms with van der Waals surface area (Å²) < 4.78 is 49.7. The van der Waals surface area contributed by atoms with Crippen molar-refractivity contribution < 1.29 is 27.6 Å². The minimum Gasteiger partial charge on any atom is -0.487 e. The van der Waals surface area contributed by atoms with Crippen molar-refractivity contribution in [3.63, 3.8) is 0 Å². The minimum atomic E-state index is -3.64. The summed E-state index contributed by atoms with van der Waals surface area (Å²) in [5.74, 6) is -3.43. The highest BCUT2D eigenvalue weighted by atomic mass is 35.5. The van der Waals surface area contributed by atoms with Gasteiger partial charge in [0.1, 0.15) is 11.5 Å². The van der Waals surface area contributed by atoms with E-state index < -0.39 is 23.1 Å². The monoisotopic (exact) mass is 375 g/mol. The van der Waals surface area contributed by atoms with Crippen LogP contribution in [0.1, 0.15) is 12.5 Å². The zero-order valence-corrected chi connectivity index (χ0v) is 13.7. The molecule has 2 aromatic rings. The van der Waals surface area contributed by atoms with Gasteiger partial charge in [0.15, 0.2) is 6.67 Å². The second-order valence-corrected chi connectivity index (χ2v) is 5.31. The lowest BCUT2D eigenvalue weighted by Crippen LogP contribution is -2.15. The number of nitrogens with zero attached hydrogens (tertiary/aromatic N) is 1. The van der Waals surface area contributed by atoms with Gasteiger partial charge in [-0.25, -0.2) is 4.39 Å². The molecule has 0 fully saturated rings. The molecule has 0 aromatic heterocycles. The summed E-state index contributed by atoms with van der Waals surface area (Å²) in [5.41, 5.74) is -0.815. The third-order valence-corrected chi connectivity index (χ3v) is 3.47. The van der Waals surface area contributed by atoms with Crippen LogP contribution in [-0.2, 0) is 5.92 Å². The van der Waals surface area contributed by atoms with E-state index in [1.807, 2.05) is 0 Å². The number of nitro groups is 1. The Morgan fingerprint density at radius 1 is 1.20 bits per heavy atom. The Kier molecular flexibility index (Phi) is 5.73. The molecule has 0 amide bonds. The molecule has 0 saturated carbocycles. The van der Waals surface area contributed by atoms with Gasteiger partial charge in [0, 0.05) is 17.7 Å². The highest BCUT2D eigenvalue weighted by Crippen LogP contribution is 2.38. The van der Waals surface area contributed by atoms with E-state index in [9.17, 15) is 23.3 Å². The highest BCUT2D eigenvalue weighted by molar-refractivity contribution is 6.32. The predicted octanol–water partition coefficient (Wildman–Crippen LogP) is 5.50. The number of halogens is 4. The summed E-state index contributed by atoms with van der Waals surface area (Å²) in [6, 6.07) is 6.88. The maximum absolute atomic E-state index is 13.3. The number of benzene rings is 2. The first-order chi connectivity index (χ1) is 11.8. The van der Waals surface area contributed by atoms with Crippen LogP contribution in [0.3, 0.4) is 0 Å². The zero-order chi connectivity index (χ0) is 18.6. The van der Waals surface area contributed by atoms with Crippen molar-refractivity contribution >= 4 is 17.3 Å². The lowest BCUT2D eigenvalue weighted by molar-refractivity contribution is -0.385. The first kappa shape index (κ1) is 18.9. The lowest BCUT2D eigenvalue weighted by atomic mass is 10.1. The average Bonchev–Trinajstić information content (AvgIpc) is 2.57. The third kappa shape index (κ3) is 4.33. The summed E-state index contributed by atoms with van der Waals surface area (Å²) in [5, 5.41) is 10.8. The van der Waals surface area contributed by atoms with Gasteiger partial charge in [0.05, 0.1) is 16.6 Å². The Morgan fingerprint density at radius 2 is 1.92 bits per heavy atom. The summed E-state index contributed by atoms with van der Waals surface area (Å²) in [7, 11) is 0. The quantitative estimate of drug-likeness (QED) is 0.473. The lowest BCUT2D eigenvalue weighted by Gasteiger charge is -2.15. The smallest absolute Gasteiger partial charge is 0.311 e. The van der Waals surface area contributed by atoms with Gasteiger partial charge >= 0.3 is 11.6 Å². The van der Waals surface area contributed by atoms with Gasteiger partial charge in [-0.3, -0.25) is 10.1 Å². The Hall–Kier alpha value is -2.48. The fourth-order valence-electron chi connectivity index (χ4n) is 2.00. The SMILES string of the molecule is CCOc1cc(Oc2ccc(C(F)(F)CF)cc2Cl)ccc1[N+](=O)[O-]. The number of hydrogen-bond donors (Lipinski definition) is 0. The Balaban J connectivity index is 2.30. The molecule has 0 aliphatic heterocycles. The van der Waals surface area contributed by atoms with Crippen molar-refractivity contribution in [3.05, 3.63) is 57.1 Å². The van der Waals surface area contributed by atoms with E-state index in [4.69, 9.17) is 21.1 Å². The summed E-state index contributed by atoms with van der Waals surface area (Å²) in [6.07, 6.45) is 0. The molecule has 0 spiro atoms. The van der Waals surface area contributed by atoms with E-state index in [0.29, 0.717) is 0 Å². The molecule has 0 N–H and O–H groups in total. The van der Waals surface area contributed by atoms with Crippen molar-refractivity contribution in [3.8, 4) is 17.2 Å². The zero-order valence-electron chi connectivity index (χ0n) is 13.0. The minimum absolute atomic E-state index is 0.00158.